The minimum absolute atomic E-state index is 0.0514. The number of likely N-dealkylation sites (tertiary alicyclic amines) is 1. The SMILES string of the molecule is CC1=C2N(C)C(=O)CC[C@]2(C)C2CC[C@]3(C)[C@@H](C(=O)Nc4ccccc4N4CCCCC4)CC[C@H]3C2C1. The van der Waals surface area contributed by atoms with Crippen molar-refractivity contribution in [3.63, 3.8) is 0 Å². The number of rotatable bonds is 3. The van der Waals surface area contributed by atoms with Gasteiger partial charge in [0.2, 0.25) is 11.8 Å². The number of nitrogens with zero attached hydrogens (tertiary/aromatic N) is 2. The Morgan fingerprint density at radius 1 is 1.00 bits per heavy atom. The molecule has 6 atom stereocenters. The molecule has 2 unspecified atom stereocenters. The van der Waals surface area contributed by atoms with Crippen LogP contribution in [0.4, 0.5) is 11.4 Å². The number of piperidine rings is 2. The molecule has 2 heterocycles. The van der Waals surface area contributed by atoms with E-state index in [1.54, 1.807) is 0 Å². The number of anilines is 2. The molecule has 1 N–H and O–H groups in total. The van der Waals surface area contributed by atoms with Crippen molar-refractivity contribution < 1.29 is 9.59 Å². The molecule has 0 radical (unpaired) electrons. The monoisotopic (exact) mass is 503 g/mol. The number of benzene rings is 1. The molecule has 2 amide bonds. The normalized spacial score (nSPS) is 37.7. The van der Waals surface area contributed by atoms with Gasteiger partial charge < -0.3 is 15.1 Å². The van der Waals surface area contributed by atoms with E-state index < -0.39 is 0 Å². The lowest BCUT2D eigenvalue weighted by Crippen LogP contribution is -2.54. The van der Waals surface area contributed by atoms with Crippen molar-refractivity contribution in [3.8, 4) is 0 Å². The second kappa shape index (κ2) is 9.17. The van der Waals surface area contributed by atoms with Gasteiger partial charge in [-0.25, -0.2) is 0 Å². The van der Waals surface area contributed by atoms with Gasteiger partial charge in [-0.2, -0.15) is 0 Å². The first-order chi connectivity index (χ1) is 17.7. The van der Waals surface area contributed by atoms with E-state index in [1.807, 2.05) is 11.9 Å². The largest absolute Gasteiger partial charge is 0.370 e. The van der Waals surface area contributed by atoms with Gasteiger partial charge in [-0.3, -0.25) is 9.59 Å². The number of fused-ring (bicyclic) bond motifs is 5. The van der Waals surface area contributed by atoms with Crippen molar-refractivity contribution in [3.05, 3.63) is 35.5 Å². The Balaban J connectivity index is 1.24. The van der Waals surface area contributed by atoms with Crippen LogP contribution in [0, 0.1) is 34.5 Å². The summed E-state index contributed by atoms with van der Waals surface area (Å²) in [4.78, 5) is 30.9. The molecule has 5 aliphatic rings. The second-order valence-corrected chi connectivity index (χ2v) is 13.3. The van der Waals surface area contributed by atoms with Gasteiger partial charge in [0.15, 0.2) is 0 Å². The molecule has 5 nitrogen and oxygen atoms in total. The summed E-state index contributed by atoms with van der Waals surface area (Å²) in [5.74, 6) is 2.38. The van der Waals surface area contributed by atoms with Crippen LogP contribution in [0.2, 0.25) is 0 Å². The third-order valence-corrected chi connectivity index (χ3v) is 11.5. The molecule has 5 heteroatoms. The van der Waals surface area contributed by atoms with Crippen molar-refractivity contribution in [2.24, 2.45) is 34.5 Å². The quantitative estimate of drug-likeness (QED) is 0.505. The molecule has 1 aromatic carbocycles. The van der Waals surface area contributed by atoms with E-state index in [-0.39, 0.29) is 28.6 Å². The average Bonchev–Trinajstić information content (AvgIpc) is 3.25. The highest BCUT2D eigenvalue weighted by Gasteiger charge is 2.61. The van der Waals surface area contributed by atoms with Crippen LogP contribution < -0.4 is 10.2 Å². The molecule has 200 valence electrons. The van der Waals surface area contributed by atoms with Crippen LogP contribution in [-0.4, -0.2) is 36.9 Å². The van der Waals surface area contributed by atoms with Gasteiger partial charge in [-0.1, -0.05) is 31.6 Å². The summed E-state index contributed by atoms with van der Waals surface area (Å²) in [5.41, 5.74) is 5.03. The van der Waals surface area contributed by atoms with E-state index in [2.05, 4.69) is 55.3 Å². The van der Waals surface area contributed by atoms with Crippen LogP contribution in [-0.2, 0) is 9.59 Å². The number of amides is 2. The highest BCUT2D eigenvalue weighted by Crippen LogP contribution is 2.67. The number of carbonyl (C=O) groups is 2. The third kappa shape index (κ3) is 3.86. The minimum atomic E-state index is 0.0514. The van der Waals surface area contributed by atoms with Gasteiger partial charge in [-0.15, -0.1) is 0 Å². The van der Waals surface area contributed by atoms with E-state index in [9.17, 15) is 9.59 Å². The molecule has 37 heavy (non-hydrogen) atoms. The minimum Gasteiger partial charge on any atom is -0.370 e. The lowest BCUT2D eigenvalue weighted by molar-refractivity contribution is -0.137. The second-order valence-electron chi connectivity index (χ2n) is 13.3. The Kier molecular flexibility index (Phi) is 6.19. The van der Waals surface area contributed by atoms with Crippen LogP contribution >= 0.6 is 0 Å². The first kappa shape index (κ1) is 25.0. The summed E-state index contributed by atoms with van der Waals surface area (Å²) in [5, 5.41) is 3.42. The van der Waals surface area contributed by atoms with Gasteiger partial charge in [-0.05, 0) is 100 Å². The van der Waals surface area contributed by atoms with E-state index in [0.717, 1.165) is 50.9 Å². The van der Waals surface area contributed by atoms with Crippen molar-refractivity contribution in [1.82, 2.24) is 4.90 Å². The fourth-order valence-electron chi connectivity index (χ4n) is 9.75. The molecule has 6 rings (SSSR count). The van der Waals surface area contributed by atoms with E-state index in [0.29, 0.717) is 24.2 Å². The summed E-state index contributed by atoms with van der Waals surface area (Å²) < 4.78 is 0. The first-order valence-corrected chi connectivity index (χ1v) is 14.9. The maximum absolute atomic E-state index is 13.9. The lowest BCUT2D eigenvalue weighted by atomic mass is 9.48. The predicted molar refractivity (Wildman–Crippen MR) is 149 cm³/mol. The molecule has 0 spiro atoms. The Labute approximate surface area is 223 Å². The highest BCUT2D eigenvalue weighted by molar-refractivity contribution is 5.96. The maximum atomic E-state index is 13.9. The Morgan fingerprint density at radius 3 is 2.54 bits per heavy atom. The van der Waals surface area contributed by atoms with Crippen LogP contribution in [0.5, 0.6) is 0 Å². The smallest absolute Gasteiger partial charge is 0.228 e. The third-order valence-electron chi connectivity index (χ3n) is 11.5. The predicted octanol–water partition coefficient (Wildman–Crippen LogP) is 6.61. The Hall–Kier alpha value is -2.30. The molecule has 3 aliphatic carbocycles. The van der Waals surface area contributed by atoms with Gasteiger partial charge >= 0.3 is 0 Å². The summed E-state index contributed by atoms with van der Waals surface area (Å²) >= 11 is 0. The summed E-state index contributed by atoms with van der Waals surface area (Å²) in [7, 11) is 1.99. The zero-order valence-corrected chi connectivity index (χ0v) is 23.3. The number of carbonyl (C=O) groups excluding carboxylic acids is 2. The molecule has 2 saturated carbocycles. The van der Waals surface area contributed by atoms with Crippen LogP contribution in [0.1, 0.15) is 85.0 Å². The van der Waals surface area contributed by atoms with E-state index in [4.69, 9.17) is 0 Å². The summed E-state index contributed by atoms with van der Waals surface area (Å²) in [6.07, 6.45) is 10.9. The van der Waals surface area contributed by atoms with Crippen LogP contribution in [0.15, 0.2) is 35.5 Å². The molecule has 2 saturated heterocycles. The van der Waals surface area contributed by atoms with Crippen LogP contribution in [0.25, 0.3) is 0 Å². The fourth-order valence-corrected chi connectivity index (χ4v) is 9.75. The van der Waals surface area contributed by atoms with Gasteiger partial charge in [0, 0.05) is 43.6 Å². The number of para-hydroxylation sites is 2. The number of hydrogen-bond donors (Lipinski definition) is 1. The summed E-state index contributed by atoms with van der Waals surface area (Å²) in [6, 6.07) is 8.41. The van der Waals surface area contributed by atoms with E-state index >= 15 is 0 Å². The topological polar surface area (TPSA) is 52.7 Å². The zero-order chi connectivity index (χ0) is 25.9. The molecule has 0 aromatic heterocycles. The maximum Gasteiger partial charge on any atom is 0.228 e. The standard InChI is InChI=1S/C32H45N3O2/c1-21-20-22-23-12-13-25(30(37)33-26-10-6-7-11-27(26)35-18-8-5-9-19-35)31(23,2)16-14-24(22)32(3)17-15-28(36)34(4)29(21)32/h6-7,10-11,22-25H,5,8-9,12-20H2,1-4H3,(H,33,37)/t22?,23-,24?,25+,31-,32+/m0/s1. The van der Waals surface area contributed by atoms with Crippen molar-refractivity contribution in [2.75, 3.05) is 30.4 Å². The summed E-state index contributed by atoms with van der Waals surface area (Å²) in [6.45, 7) is 9.28. The molecular formula is C32H45N3O2. The zero-order valence-electron chi connectivity index (χ0n) is 23.3. The Morgan fingerprint density at radius 2 is 1.76 bits per heavy atom. The van der Waals surface area contributed by atoms with Gasteiger partial charge in [0.05, 0.1) is 11.4 Å². The molecule has 2 aliphatic heterocycles. The number of allylic oxidation sites excluding steroid dienone is 2. The highest BCUT2D eigenvalue weighted by atomic mass is 16.2. The molecule has 0 bridgehead atoms. The molecule has 4 fully saturated rings. The van der Waals surface area contributed by atoms with Crippen molar-refractivity contribution in [1.29, 1.82) is 0 Å². The van der Waals surface area contributed by atoms with Gasteiger partial charge in [0.1, 0.15) is 0 Å². The first-order valence-electron chi connectivity index (χ1n) is 14.9. The average molecular weight is 504 g/mol. The molecule has 1 aromatic rings. The van der Waals surface area contributed by atoms with Crippen molar-refractivity contribution in [2.45, 2.75) is 85.0 Å². The number of hydrogen-bond acceptors (Lipinski definition) is 3. The van der Waals surface area contributed by atoms with E-state index in [1.165, 1.54) is 42.6 Å². The van der Waals surface area contributed by atoms with Crippen molar-refractivity contribution >= 4 is 23.2 Å². The fraction of sp³-hybridized carbons (Fsp3) is 0.688. The number of nitrogens with one attached hydrogen (secondary N) is 1. The molecular weight excluding hydrogens is 458 g/mol. The Bertz CT molecular complexity index is 1120. The van der Waals surface area contributed by atoms with Gasteiger partial charge in [0.25, 0.3) is 0 Å². The van der Waals surface area contributed by atoms with Crippen LogP contribution in [0.3, 0.4) is 0 Å². The lowest BCUT2D eigenvalue weighted by Gasteiger charge is -2.59.